The number of nitrogens with two attached hydrogens (primary N) is 1. The molecule has 0 saturated heterocycles. The largest absolute Gasteiger partial charge is 0.352 e. The summed E-state index contributed by atoms with van der Waals surface area (Å²) in [5.41, 5.74) is 10.1. The Balaban J connectivity index is 0.00000196. The zero-order valence-corrected chi connectivity index (χ0v) is 17.2. The molecule has 8 heteroatoms. The Morgan fingerprint density at radius 2 is 1.86 bits per heavy atom. The average Bonchev–Trinajstić information content (AvgIpc) is 3.13. The number of benzene rings is 2. The van der Waals surface area contributed by atoms with Crippen LogP contribution < -0.4 is 11.1 Å². The van der Waals surface area contributed by atoms with Crippen LogP contribution in [0.2, 0.25) is 0 Å². The molecule has 150 valence electrons. The predicted octanol–water partition coefficient (Wildman–Crippen LogP) is 3.19. The lowest BCUT2D eigenvalue weighted by atomic mass is 9.98. The molecular weight excluding hydrogens is 397 g/mol. The first-order chi connectivity index (χ1) is 12.6. The normalized spacial score (nSPS) is 11.1. The van der Waals surface area contributed by atoms with E-state index in [2.05, 4.69) is 45.7 Å². The zero-order valence-electron chi connectivity index (χ0n) is 15.6. The van der Waals surface area contributed by atoms with Gasteiger partial charge in [-0.3, -0.25) is 4.79 Å². The molecule has 0 bridgehead atoms. The molecule has 0 aliphatic carbocycles. The number of nitrogens with one attached hydrogen (secondary N) is 1. The van der Waals surface area contributed by atoms with Gasteiger partial charge in [-0.05, 0) is 29.2 Å². The predicted molar refractivity (Wildman–Crippen MR) is 116 cm³/mol. The average molecular weight is 422 g/mol. The fourth-order valence-electron chi connectivity index (χ4n) is 2.81. The van der Waals surface area contributed by atoms with Crippen LogP contribution in [0.3, 0.4) is 0 Å². The van der Waals surface area contributed by atoms with Crippen LogP contribution in [-0.4, -0.2) is 26.7 Å². The SMILES string of the molecule is CC(N)CC(=O)NCc1ccccc1-c1ccc(Cn2cncn2)cc1.Cl.Cl. The quantitative estimate of drug-likeness (QED) is 0.613. The molecule has 28 heavy (non-hydrogen) atoms. The highest BCUT2D eigenvalue weighted by molar-refractivity contribution is 5.85. The molecule has 1 unspecified atom stereocenters. The molecule has 3 N–H and O–H groups in total. The first-order valence-corrected chi connectivity index (χ1v) is 8.64. The zero-order chi connectivity index (χ0) is 18.4. The number of carbonyl (C=O) groups excluding carboxylic acids is 1. The lowest BCUT2D eigenvalue weighted by Gasteiger charge is -2.12. The lowest BCUT2D eigenvalue weighted by molar-refractivity contribution is -0.121. The summed E-state index contributed by atoms with van der Waals surface area (Å²) in [6.45, 7) is 3.01. The molecule has 1 heterocycles. The fraction of sp³-hybridized carbons (Fsp3) is 0.250. The Hall–Kier alpha value is -2.41. The minimum absolute atomic E-state index is 0. The molecule has 0 saturated carbocycles. The van der Waals surface area contributed by atoms with Gasteiger partial charge in [-0.1, -0.05) is 48.5 Å². The van der Waals surface area contributed by atoms with Gasteiger partial charge in [0.15, 0.2) is 0 Å². The molecule has 1 atom stereocenters. The standard InChI is InChI=1S/C20H23N5O.2ClH/c1-15(21)10-20(26)23-11-18-4-2-3-5-19(18)17-8-6-16(7-9-17)12-25-14-22-13-24-25;;/h2-9,13-15H,10-12,21H2,1H3,(H,23,26);2*1H. The minimum atomic E-state index is -0.136. The van der Waals surface area contributed by atoms with Crippen molar-refractivity contribution in [1.29, 1.82) is 0 Å². The van der Waals surface area contributed by atoms with Crippen molar-refractivity contribution >= 4 is 30.7 Å². The van der Waals surface area contributed by atoms with E-state index < -0.39 is 0 Å². The summed E-state index contributed by atoms with van der Waals surface area (Å²) in [6, 6.07) is 16.3. The molecule has 0 radical (unpaired) electrons. The van der Waals surface area contributed by atoms with E-state index in [1.54, 1.807) is 11.0 Å². The third kappa shape index (κ3) is 6.64. The summed E-state index contributed by atoms with van der Waals surface area (Å²) in [4.78, 5) is 15.8. The molecule has 3 aromatic rings. The van der Waals surface area contributed by atoms with Gasteiger partial charge in [0.1, 0.15) is 12.7 Å². The van der Waals surface area contributed by atoms with Crippen LogP contribution in [0.4, 0.5) is 0 Å². The van der Waals surface area contributed by atoms with E-state index >= 15 is 0 Å². The van der Waals surface area contributed by atoms with E-state index in [-0.39, 0.29) is 36.8 Å². The monoisotopic (exact) mass is 421 g/mol. The maximum atomic E-state index is 11.9. The van der Waals surface area contributed by atoms with Crippen molar-refractivity contribution < 1.29 is 4.79 Å². The molecule has 0 aliphatic rings. The summed E-state index contributed by atoms with van der Waals surface area (Å²) in [5.74, 6) is -0.0296. The van der Waals surface area contributed by atoms with E-state index in [9.17, 15) is 4.79 Å². The maximum absolute atomic E-state index is 11.9. The van der Waals surface area contributed by atoms with Crippen molar-refractivity contribution in [3.05, 3.63) is 72.3 Å². The summed E-state index contributed by atoms with van der Waals surface area (Å²) >= 11 is 0. The van der Waals surface area contributed by atoms with Crippen LogP contribution in [0.1, 0.15) is 24.5 Å². The smallest absolute Gasteiger partial charge is 0.221 e. The first kappa shape index (κ1) is 23.6. The van der Waals surface area contributed by atoms with Gasteiger partial charge in [0.05, 0.1) is 6.54 Å². The number of carbonyl (C=O) groups is 1. The minimum Gasteiger partial charge on any atom is -0.352 e. The van der Waals surface area contributed by atoms with Crippen molar-refractivity contribution in [2.45, 2.75) is 32.5 Å². The molecule has 1 aromatic heterocycles. The van der Waals surface area contributed by atoms with Gasteiger partial charge >= 0.3 is 0 Å². The Kier molecular flexibility index (Phi) is 9.65. The van der Waals surface area contributed by atoms with Crippen molar-refractivity contribution in [1.82, 2.24) is 20.1 Å². The highest BCUT2D eigenvalue weighted by Crippen LogP contribution is 2.24. The third-order valence-corrected chi connectivity index (χ3v) is 4.08. The van der Waals surface area contributed by atoms with Crippen molar-refractivity contribution in [2.24, 2.45) is 5.73 Å². The molecule has 1 amide bonds. The Morgan fingerprint density at radius 1 is 1.14 bits per heavy atom. The highest BCUT2D eigenvalue weighted by atomic mass is 35.5. The van der Waals surface area contributed by atoms with Crippen molar-refractivity contribution in [2.75, 3.05) is 0 Å². The summed E-state index contributed by atoms with van der Waals surface area (Å²) in [7, 11) is 0. The van der Waals surface area contributed by atoms with Crippen LogP contribution in [0.15, 0.2) is 61.2 Å². The molecule has 0 aliphatic heterocycles. The van der Waals surface area contributed by atoms with Gasteiger partial charge < -0.3 is 11.1 Å². The second kappa shape index (κ2) is 11.4. The molecule has 0 fully saturated rings. The van der Waals surface area contributed by atoms with Gasteiger partial charge in [-0.2, -0.15) is 5.10 Å². The summed E-state index contributed by atoms with van der Waals surface area (Å²) in [5, 5.41) is 7.07. The van der Waals surface area contributed by atoms with Crippen molar-refractivity contribution in [3.63, 3.8) is 0 Å². The van der Waals surface area contributed by atoms with Gasteiger partial charge in [0.25, 0.3) is 0 Å². The van der Waals surface area contributed by atoms with E-state index in [0.29, 0.717) is 19.5 Å². The van der Waals surface area contributed by atoms with Crippen LogP contribution in [0, 0.1) is 0 Å². The van der Waals surface area contributed by atoms with E-state index in [1.807, 2.05) is 25.1 Å². The maximum Gasteiger partial charge on any atom is 0.221 e. The second-order valence-electron chi connectivity index (χ2n) is 6.41. The number of amides is 1. The van der Waals surface area contributed by atoms with Crippen LogP contribution >= 0.6 is 24.8 Å². The summed E-state index contributed by atoms with van der Waals surface area (Å²) in [6.07, 6.45) is 3.57. The van der Waals surface area contributed by atoms with E-state index in [1.165, 1.54) is 6.33 Å². The fourth-order valence-corrected chi connectivity index (χ4v) is 2.81. The van der Waals surface area contributed by atoms with Gasteiger partial charge in [0.2, 0.25) is 5.91 Å². The molecule has 2 aromatic carbocycles. The van der Waals surface area contributed by atoms with Crippen molar-refractivity contribution in [3.8, 4) is 11.1 Å². The van der Waals surface area contributed by atoms with Crippen LogP contribution in [-0.2, 0) is 17.9 Å². The lowest BCUT2D eigenvalue weighted by Crippen LogP contribution is -2.29. The van der Waals surface area contributed by atoms with Gasteiger partial charge in [0, 0.05) is 19.0 Å². The second-order valence-corrected chi connectivity index (χ2v) is 6.41. The molecule has 0 spiro atoms. The van der Waals surface area contributed by atoms with Gasteiger partial charge in [-0.25, -0.2) is 9.67 Å². The number of hydrogen-bond acceptors (Lipinski definition) is 4. The molecular formula is C20H25Cl2N5O. The Bertz CT molecular complexity index is 851. The van der Waals surface area contributed by atoms with E-state index in [0.717, 1.165) is 22.3 Å². The van der Waals surface area contributed by atoms with E-state index in [4.69, 9.17) is 5.73 Å². The van der Waals surface area contributed by atoms with Crippen LogP contribution in [0.25, 0.3) is 11.1 Å². The summed E-state index contributed by atoms with van der Waals surface area (Å²) < 4.78 is 1.79. The molecule has 6 nitrogen and oxygen atoms in total. The Labute approximate surface area is 177 Å². The number of nitrogens with zero attached hydrogens (tertiary/aromatic N) is 3. The van der Waals surface area contributed by atoms with Crippen LogP contribution in [0.5, 0.6) is 0 Å². The Morgan fingerprint density at radius 3 is 2.50 bits per heavy atom. The van der Waals surface area contributed by atoms with Gasteiger partial charge in [-0.15, -0.1) is 24.8 Å². The number of halogens is 2. The third-order valence-electron chi connectivity index (χ3n) is 4.08. The number of aromatic nitrogens is 3. The first-order valence-electron chi connectivity index (χ1n) is 8.64. The highest BCUT2D eigenvalue weighted by Gasteiger charge is 2.08. The number of rotatable bonds is 7. The number of hydrogen-bond donors (Lipinski definition) is 2. The topological polar surface area (TPSA) is 85.8 Å². The molecule has 3 rings (SSSR count).